The third-order valence-electron chi connectivity index (χ3n) is 4.25. The second-order valence-electron chi connectivity index (χ2n) is 5.84. The zero-order chi connectivity index (χ0) is 14.9. The maximum Gasteiger partial charge on any atom is 0.317 e. The summed E-state index contributed by atoms with van der Waals surface area (Å²) in [6.07, 6.45) is 5.84. The highest BCUT2D eigenvalue weighted by Gasteiger charge is 2.40. The van der Waals surface area contributed by atoms with Crippen LogP contribution in [0.3, 0.4) is 0 Å². The fourth-order valence-corrected chi connectivity index (χ4v) is 4.49. The molecule has 7 heteroatoms. The highest BCUT2D eigenvalue weighted by molar-refractivity contribution is 7.91. The zero-order valence-electron chi connectivity index (χ0n) is 11.8. The molecular formula is C14H20N2O4S. The van der Waals surface area contributed by atoms with Crippen molar-refractivity contribution in [3.63, 3.8) is 0 Å². The minimum Gasteiger partial charge on any atom is -0.468 e. The number of hydrogen-bond donors (Lipinski definition) is 1. The predicted molar refractivity (Wildman–Crippen MR) is 77.5 cm³/mol. The molecule has 6 nitrogen and oxygen atoms in total. The van der Waals surface area contributed by atoms with Crippen molar-refractivity contribution in [2.75, 3.05) is 13.1 Å². The number of sulfone groups is 1. The number of rotatable bonds is 4. The number of nitrogens with one attached hydrogen (secondary N) is 1. The molecule has 1 aliphatic heterocycles. The number of hydrogen-bond acceptors (Lipinski definition) is 4. The summed E-state index contributed by atoms with van der Waals surface area (Å²) in [5, 5.41) is 2.50. The first kappa shape index (κ1) is 14.4. The first-order valence-corrected chi connectivity index (χ1v) is 9.05. The summed E-state index contributed by atoms with van der Waals surface area (Å²) in [4.78, 5) is 13.5. The fourth-order valence-electron chi connectivity index (χ4n) is 2.88. The Morgan fingerprint density at radius 2 is 2.05 bits per heavy atom. The van der Waals surface area contributed by atoms with Gasteiger partial charge in [-0.2, -0.15) is 0 Å². The number of carbonyl (C=O) groups is 1. The Bertz CT molecular complexity index is 585. The molecule has 1 saturated heterocycles. The Hall–Kier alpha value is -1.50. The van der Waals surface area contributed by atoms with Crippen molar-refractivity contribution >= 4 is 15.9 Å². The van der Waals surface area contributed by atoms with E-state index in [1.165, 1.54) is 6.26 Å². The molecule has 2 heterocycles. The molecule has 2 aliphatic rings. The average molecular weight is 312 g/mol. The van der Waals surface area contributed by atoms with Crippen molar-refractivity contribution in [2.24, 2.45) is 0 Å². The quantitative estimate of drug-likeness (QED) is 0.914. The van der Waals surface area contributed by atoms with Crippen molar-refractivity contribution in [1.29, 1.82) is 0 Å². The van der Waals surface area contributed by atoms with Crippen LogP contribution >= 0.6 is 0 Å². The Morgan fingerprint density at radius 1 is 1.33 bits per heavy atom. The lowest BCUT2D eigenvalue weighted by Crippen LogP contribution is -2.60. The van der Waals surface area contributed by atoms with Crippen LogP contribution in [0.4, 0.5) is 4.79 Å². The smallest absolute Gasteiger partial charge is 0.317 e. The van der Waals surface area contributed by atoms with E-state index in [9.17, 15) is 13.2 Å². The van der Waals surface area contributed by atoms with Crippen LogP contribution in [0, 0.1) is 0 Å². The van der Waals surface area contributed by atoms with Gasteiger partial charge < -0.3 is 14.6 Å². The van der Waals surface area contributed by atoms with Crippen LogP contribution < -0.4 is 5.32 Å². The first-order chi connectivity index (χ1) is 10.0. The minimum absolute atomic E-state index is 0.0945. The van der Waals surface area contributed by atoms with Gasteiger partial charge in [-0.05, 0) is 25.0 Å². The van der Waals surface area contributed by atoms with Crippen molar-refractivity contribution in [1.82, 2.24) is 10.2 Å². The molecule has 3 rings (SSSR count). The zero-order valence-corrected chi connectivity index (χ0v) is 12.6. The van der Waals surface area contributed by atoms with E-state index < -0.39 is 15.1 Å². The molecule has 1 aromatic rings. The van der Waals surface area contributed by atoms with Crippen molar-refractivity contribution in [3.8, 4) is 0 Å². The molecule has 1 aromatic heterocycles. The first-order valence-electron chi connectivity index (χ1n) is 7.34. The van der Waals surface area contributed by atoms with Gasteiger partial charge in [0.1, 0.15) is 11.5 Å². The SMILES string of the molecule is O=C(NC1CCCC1)N1CC(S(=O)(=O)Cc2ccco2)C1. The highest BCUT2D eigenvalue weighted by atomic mass is 32.2. The van der Waals surface area contributed by atoms with E-state index in [1.54, 1.807) is 17.0 Å². The normalized spacial score (nSPS) is 20.5. The molecule has 0 atom stereocenters. The molecule has 1 N–H and O–H groups in total. The summed E-state index contributed by atoms with van der Waals surface area (Å²) >= 11 is 0. The van der Waals surface area contributed by atoms with Crippen LogP contribution in [-0.4, -0.2) is 43.7 Å². The van der Waals surface area contributed by atoms with Gasteiger partial charge in [-0.25, -0.2) is 13.2 Å². The summed E-state index contributed by atoms with van der Waals surface area (Å²) in [5.74, 6) is 0.354. The molecule has 116 valence electrons. The van der Waals surface area contributed by atoms with Crippen molar-refractivity contribution < 1.29 is 17.6 Å². The average Bonchev–Trinajstić information content (AvgIpc) is 2.99. The Kier molecular flexibility index (Phi) is 3.93. The van der Waals surface area contributed by atoms with E-state index in [0.717, 1.165) is 25.7 Å². The summed E-state index contributed by atoms with van der Waals surface area (Å²) in [6.45, 7) is 0.559. The molecule has 2 amide bonds. The topological polar surface area (TPSA) is 79.6 Å². The van der Waals surface area contributed by atoms with E-state index in [-0.39, 0.29) is 30.9 Å². The van der Waals surface area contributed by atoms with E-state index in [0.29, 0.717) is 5.76 Å². The molecule has 2 fully saturated rings. The molecule has 0 bridgehead atoms. The molecule has 0 radical (unpaired) electrons. The minimum atomic E-state index is -3.26. The van der Waals surface area contributed by atoms with Crippen LogP contribution in [0.15, 0.2) is 22.8 Å². The molecule has 1 aliphatic carbocycles. The van der Waals surface area contributed by atoms with Crippen LogP contribution in [-0.2, 0) is 15.6 Å². The highest BCUT2D eigenvalue weighted by Crippen LogP contribution is 2.22. The van der Waals surface area contributed by atoms with Gasteiger partial charge >= 0.3 is 6.03 Å². The summed E-state index contributed by atoms with van der Waals surface area (Å²) in [5.41, 5.74) is 0. The lowest BCUT2D eigenvalue weighted by Gasteiger charge is -2.39. The van der Waals surface area contributed by atoms with E-state index in [1.807, 2.05) is 0 Å². The molecule has 0 spiro atoms. The number of likely N-dealkylation sites (tertiary alicyclic amines) is 1. The van der Waals surface area contributed by atoms with Crippen LogP contribution in [0.2, 0.25) is 0 Å². The van der Waals surface area contributed by atoms with Crippen LogP contribution in [0.1, 0.15) is 31.4 Å². The Morgan fingerprint density at radius 3 is 2.67 bits per heavy atom. The van der Waals surface area contributed by atoms with E-state index in [4.69, 9.17) is 4.42 Å². The third-order valence-corrected chi connectivity index (χ3v) is 6.25. The second kappa shape index (κ2) is 5.71. The lowest BCUT2D eigenvalue weighted by atomic mass is 10.2. The summed E-state index contributed by atoms with van der Waals surface area (Å²) < 4.78 is 29.4. The van der Waals surface area contributed by atoms with Gasteiger partial charge in [-0.1, -0.05) is 12.8 Å². The number of nitrogens with zero attached hydrogens (tertiary/aromatic N) is 1. The van der Waals surface area contributed by atoms with Crippen molar-refractivity contribution in [2.45, 2.75) is 42.7 Å². The fraction of sp³-hybridized carbons (Fsp3) is 0.643. The van der Waals surface area contributed by atoms with Crippen LogP contribution in [0.25, 0.3) is 0 Å². The standard InChI is InChI=1S/C14H20N2O4S/c17-14(15-11-4-1-2-5-11)16-8-13(9-16)21(18,19)10-12-6-3-7-20-12/h3,6-7,11,13H,1-2,4-5,8-10H2,(H,15,17). The number of amides is 2. The van der Waals surface area contributed by atoms with Gasteiger partial charge in [0.2, 0.25) is 0 Å². The molecule has 0 unspecified atom stereocenters. The number of carbonyl (C=O) groups excluding carboxylic acids is 1. The van der Waals surface area contributed by atoms with Gasteiger partial charge in [0.05, 0.1) is 11.5 Å². The summed E-state index contributed by atoms with van der Waals surface area (Å²) in [7, 11) is -3.26. The van der Waals surface area contributed by atoms with Gasteiger partial charge in [0, 0.05) is 19.1 Å². The van der Waals surface area contributed by atoms with Crippen molar-refractivity contribution in [3.05, 3.63) is 24.2 Å². The lowest BCUT2D eigenvalue weighted by molar-refractivity contribution is 0.165. The maximum absolute atomic E-state index is 12.2. The number of furan rings is 1. The molecule has 1 saturated carbocycles. The third kappa shape index (κ3) is 3.23. The van der Waals surface area contributed by atoms with Gasteiger partial charge in [0.15, 0.2) is 9.84 Å². The van der Waals surface area contributed by atoms with Gasteiger partial charge in [-0.3, -0.25) is 0 Å². The largest absolute Gasteiger partial charge is 0.468 e. The van der Waals surface area contributed by atoms with Gasteiger partial charge in [0.25, 0.3) is 0 Å². The monoisotopic (exact) mass is 312 g/mol. The number of urea groups is 1. The second-order valence-corrected chi connectivity index (χ2v) is 8.13. The van der Waals surface area contributed by atoms with Gasteiger partial charge in [-0.15, -0.1) is 0 Å². The van der Waals surface area contributed by atoms with Crippen LogP contribution in [0.5, 0.6) is 0 Å². The molecule has 21 heavy (non-hydrogen) atoms. The van der Waals surface area contributed by atoms with E-state index in [2.05, 4.69) is 5.32 Å². The maximum atomic E-state index is 12.2. The summed E-state index contributed by atoms with van der Waals surface area (Å²) in [6, 6.07) is 3.45. The molecule has 0 aromatic carbocycles. The van der Waals surface area contributed by atoms with E-state index >= 15 is 0 Å². The molecular weight excluding hydrogens is 292 g/mol. The Balaban J connectivity index is 1.49. The predicted octanol–water partition coefficient (Wildman–Crippen LogP) is 1.53. The Labute approximate surface area is 124 Å².